The lowest BCUT2D eigenvalue weighted by molar-refractivity contribution is -0.164. The van der Waals surface area contributed by atoms with Crippen molar-refractivity contribution in [1.29, 1.82) is 0 Å². The van der Waals surface area contributed by atoms with Gasteiger partial charge in [0.1, 0.15) is 11.8 Å². The fourth-order valence-electron chi connectivity index (χ4n) is 6.46. The molecule has 2 aromatic carbocycles. The van der Waals surface area contributed by atoms with Gasteiger partial charge in [-0.15, -0.1) is 0 Å². The zero-order valence-corrected chi connectivity index (χ0v) is 19.0. The minimum Gasteiger partial charge on any atom is -0.383 e. The summed E-state index contributed by atoms with van der Waals surface area (Å²) in [7, 11) is 0. The molecule has 5 heterocycles. The van der Waals surface area contributed by atoms with Crippen molar-refractivity contribution in [1.82, 2.24) is 9.88 Å². The van der Waals surface area contributed by atoms with E-state index >= 15 is 0 Å². The summed E-state index contributed by atoms with van der Waals surface area (Å²) >= 11 is 0. The first-order valence-corrected chi connectivity index (χ1v) is 11.7. The highest BCUT2D eigenvalue weighted by Crippen LogP contribution is 2.56. The molecule has 7 rings (SSSR count). The van der Waals surface area contributed by atoms with Crippen LogP contribution in [0, 0.1) is 0 Å². The van der Waals surface area contributed by atoms with E-state index < -0.39 is 17.6 Å². The number of nitrogens with one attached hydrogen (secondary N) is 1. The number of carbonyl (C=O) groups is 1. The molecular formula is C27H26N4O3. The lowest BCUT2D eigenvalue weighted by atomic mass is 9.86. The summed E-state index contributed by atoms with van der Waals surface area (Å²) in [5.74, 6) is -0.0818. The Kier molecular flexibility index (Phi) is 3.76. The van der Waals surface area contributed by atoms with Crippen LogP contribution in [-0.2, 0) is 17.0 Å². The van der Waals surface area contributed by atoms with Gasteiger partial charge in [0.05, 0.1) is 22.3 Å². The number of rotatable bonds is 1. The van der Waals surface area contributed by atoms with Crippen LogP contribution in [0.2, 0.25) is 0 Å². The van der Waals surface area contributed by atoms with E-state index in [0.29, 0.717) is 25.1 Å². The van der Waals surface area contributed by atoms with Gasteiger partial charge in [-0.3, -0.25) is 4.79 Å². The van der Waals surface area contributed by atoms with E-state index in [1.165, 1.54) is 0 Å². The van der Waals surface area contributed by atoms with Crippen molar-refractivity contribution < 1.29 is 14.6 Å². The van der Waals surface area contributed by atoms with Gasteiger partial charge in [-0.1, -0.05) is 49.1 Å². The second-order valence-electron chi connectivity index (χ2n) is 9.80. The number of aliphatic hydroxyl groups is 1. The summed E-state index contributed by atoms with van der Waals surface area (Å²) in [4.78, 5) is 15.4. The molecule has 1 amide bonds. The number of hydrogen-bond donors (Lipinski definition) is 3. The van der Waals surface area contributed by atoms with Crippen LogP contribution in [0.4, 0.5) is 5.69 Å². The largest absolute Gasteiger partial charge is 0.383 e. The van der Waals surface area contributed by atoms with Crippen LogP contribution in [0.1, 0.15) is 34.8 Å². The molecule has 4 N–H and O–H groups in total. The molecule has 172 valence electrons. The Morgan fingerprint density at radius 3 is 2.94 bits per heavy atom. The topological polar surface area (TPSA) is 92.8 Å². The highest BCUT2D eigenvalue weighted by Gasteiger charge is 2.61. The summed E-state index contributed by atoms with van der Waals surface area (Å²) in [6.45, 7) is 7.38. The molecule has 0 aliphatic carbocycles. The molecule has 0 spiro atoms. The minimum atomic E-state index is -1.27. The van der Waals surface area contributed by atoms with Crippen molar-refractivity contribution in [3.8, 4) is 0 Å². The third-order valence-corrected chi connectivity index (χ3v) is 8.15. The van der Waals surface area contributed by atoms with Crippen LogP contribution in [0.3, 0.4) is 0 Å². The standard InChI is InChI=1S/C27H26N4O3/c1-15-8-4-3-7-11-30-19-12-27(33,14-28)26(2,34-19)31-18-10-6-5-9-16(18)21-17-13-29-25(32)22(17)20(15)23(30)24(21)31/h3-10,19,33H,1,11-14,28H2,2H3,(H,29,32)/b7-3-,8-4-. The van der Waals surface area contributed by atoms with E-state index in [4.69, 9.17) is 10.5 Å². The number of fused-ring (bicyclic) bond motifs is 10. The third-order valence-electron chi connectivity index (χ3n) is 8.15. The van der Waals surface area contributed by atoms with Gasteiger partial charge in [0, 0.05) is 42.4 Å². The Balaban J connectivity index is 1.78. The van der Waals surface area contributed by atoms with Gasteiger partial charge in [0.2, 0.25) is 0 Å². The maximum atomic E-state index is 13.2. The number of hydrogen-bond acceptors (Lipinski definition) is 5. The zero-order chi connectivity index (χ0) is 23.4. The number of nitrogens with zero attached hydrogens (tertiary/aromatic N) is 2. The number of allylic oxidation sites excluding steroid dienone is 4. The lowest BCUT2D eigenvalue weighted by Crippen LogP contribution is -2.55. The summed E-state index contributed by atoms with van der Waals surface area (Å²) in [5, 5.41) is 17.0. The average molecular weight is 455 g/mol. The highest BCUT2D eigenvalue weighted by atomic mass is 16.6. The molecule has 0 saturated carbocycles. The van der Waals surface area contributed by atoms with Crippen molar-refractivity contribution in [2.75, 3.05) is 18.0 Å². The van der Waals surface area contributed by atoms with Gasteiger partial charge in [-0.25, -0.2) is 0 Å². The molecular weight excluding hydrogens is 428 g/mol. The first-order valence-electron chi connectivity index (χ1n) is 11.7. The Labute approximate surface area is 196 Å². The van der Waals surface area contributed by atoms with Gasteiger partial charge in [-0.2, -0.15) is 0 Å². The first kappa shape index (κ1) is 20.0. The quantitative estimate of drug-likeness (QED) is 0.526. The van der Waals surface area contributed by atoms with Crippen molar-refractivity contribution >= 4 is 39.0 Å². The van der Waals surface area contributed by atoms with Gasteiger partial charge in [0.15, 0.2) is 5.72 Å². The summed E-state index contributed by atoms with van der Waals surface area (Å²) in [6, 6.07) is 8.13. The normalized spacial score (nSPS) is 31.1. The summed E-state index contributed by atoms with van der Waals surface area (Å²) in [6.07, 6.45) is 7.89. The number of nitrogens with two attached hydrogens (primary N) is 1. The second kappa shape index (κ2) is 6.39. The number of amides is 1. The van der Waals surface area contributed by atoms with E-state index in [9.17, 15) is 9.90 Å². The molecule has 1 saturated heterocycles. The number of aromatic nitrogens is 1. The molecule has 3 unspecified atom stereocenters. The van der Waals surface area contributed by atoms with Crippen LogP contribution < -0.4 is 16.0 Å². The van der Waals surface area contributed by atoms with E-state index in [-0.39, 0.29) is 12.5 Å². The van der Waals surface area contributed by atoms with Gasteiger partial charge < -0.3 is 30.4 Å². The molecule has 1 aromatic heterocycles. The average Bonchev–Trinajstić information content (AvgIpc) is 3.44. The number of para-hydroxylation sites is 1. The van der Waals surface area contributed by atoms with Crippen LogP contribution >= 0.6 is 0 Å². The highest BCUT2D eigenvalue weighted by molar-refractivity contribution is 6.22. The predicted octanol–water partition coefficient (Wildman–Crippen LogP) is 3.11. The van der Waals surface area contributed by atoms with Gasteiger partial charge >= 0.3 is 0 Å². The summed E-state index contributed by atoms with van der Waals surface area (Å²) in [5.41, 5.74) is 9.92. The third kappa shape index (κ3) is 2.15. The Bertz CT molecular complexity index is 1520. The van der Waals surface area contributed by atoms with Crippen LogP contribution in [0.25, 0.3) is 27.4 Å². The molecule has 2 bridgehead atoms. The fourth-order valence-corrected chi connectivity index (χ4v) is 6.46. The van der Waals surface area contributed by atoms with Gasteiger partial charge in [0.25, 0.3) is 5.91 Å². The number of benzene rings is 2. The molecule has 4 aliphatic rings. The molecule has 3 aromatic rings. The molecule has 7 nitrogen and oxygen atoms in total. The SMILES string of the molecule is C=C1/C=C\C=C/CN2c3c1c1c(c4c5ccccc5n(c34)C3(C)OC2CC3(O)CN)CNC1=O. The zero-order valence-electron chi connectivity index (χ0n) is 19.0. The molecule has 1 fully saturated rings. The summed E-state index contributed by atoms with van der Waals surface area (Å²) < 4.78 is 8.88. The number of ether oxygens (including phenoxy) is 1. The van der Waals surface area contributed by atoms with Crippen LogP contribution in [-0.4, -0.2) is 40.5 Å². The number of anilines is 1. The van der Waals surface area contributed by atoms with E-state index in [1.54, 1.807) is 0 Å². The van der Waals surface area contributed by atoms with Crippen molar-refractivity contribution in [2.24, 2.45) is 5.73 Å². The van der Waals surface area contributed by atoms with Crippen LogP contribution in [0.5, 0.6) is 0 Å². The molecule has 4 aliphatic heterocycles. The van der Waals surface area contributed by atoms with E-state index in [1.807, 2.05) is 37.3 Å². The molecule has 7 heteroatoms. The Morgan fingerprint density at radius 2 is 2.12 bits per heavy atom. The Morgan fingerprint density at radius 1 is 1.29 bits per heavy atom. The van der Waals surface area contributed by atoms with Crippen molar-refractivity contribution in [2.45, 2.75) is 37.4 Å². The molecule has 0 radical (unpaired) electrons. The maximum Gasteiger partial charge on any atom is 0.252 e. The number of carbonyl (C=O) groups excluding carboxylic acids is 1. The van der Waals surface area contributed by atoms with E-state index in [2.05, 4.69) is 39.6 Å². The lowest BCUT2D eigenvalue weighted by Gasteiger charge is -2.39. The second-order valence-corrected chi connectivity index (χ2v) is 9.80. The molecule has 34 heavy (non-hydrogen) atoms. The fraction of sp³-hybridized carbons (Fsp3) is 0.296. The van der Waals surface area contributed by atoms with Gasteiger partial charge in [-0.05, 0) is 24.1 Å². The predicted molar refractivity (Wildman–Crippen MR) is 132 cm³/mol. The smallest absolute Gasteiger partial charge is 0.252 e. The van der Waals surface area contributed by atoms with Crippen molar-refractivity contribution in [3.05, 3.63) is 71.8 Å². The monoisotopic (exact) mass is 454 g/mol. The first-order chi connectivity index (χ1) is 16.4. The van der Waals surface area contributed by atoms with Crippen molar-refractivity contribution in [3.63, 3.8) is 0 Å². The maximum absolute atomic E-state index is 13.2. The minimum absolute atomic E-state index is 0.0686. The molecule has 3 atom stereocenters. The van der Waals surface area contributed by atoms with E-state index in [0.717, 1.165) is 44.2 Å². The Hall–Kier alpha value is -3.39. The van der Waals surface area contributed by atoms with Crippen LogP contribution in [0.15, 0.2) is 55.1 Å².